The van der Waals surface area contributed by atoms with Crippen molar-refractivity contribution in [2.24, 2.45) is 5.73 Å². The van der Waals surface area contributed by atoms with Gasteiger partial charge in [-0.2, -0.15) is 0 Å². The third-order valence-electron chi connectivity index (χ3n) is 3.83. The molecule has 0 amide bonds. The summed E-state index contributed by atoms with van der Waals surface area (Å²) in [5.41, 5.74) is 6.34. The van der Waals surface area contributed by atoms with Crippen LogP contribution in [0.15, 0.2) is 18.2 Å². The maximum Gasteiger partial charge on any atom is 0.163 e. The highest BCUT2D eigenvalue weighted by molar-refractivity contribution is 5.22. The number of halogens is 2. The summed E-state index contributed by atoms with van der Waals surface area (Å²) < 4.78 is 27.0. The summed E-state index contributed by atoms with van der Waals surface area (Å²) in [5.74, 6) is -1.65. The number of benzene rings is 1. The molecule has 0 fully saturated rings. The van der Waals surface area contributed by atoms with Gasteiger partial charge in [0.05, 0.1) is 0 Å². The first kappa shape index (κ1) is 17.1. The smallest absolute Gasteiger partial charge is 0.163 e. The van der Waals surface area contributed by atoms with Crippen molar-refractivity contribution in [2.75, 3.05) is 13.1 Å². The molecule has 0 radical (unpaired) electrons. The fourth-order valence-electron chi connectivity index (χ4n) is 2.27. The zero-order valence-electron chi connectivity index (χ0n) is 12.7. The molecule has 2 unspecified atom stereocenters. The van der Waals surface area contributed by atoms with E-state index in [1.807, 2.05) is 0 Å². The second-order valence-electron chi connectivity index (χ2n) is 5.36. The van der Waals surface area contributed by atoms with E-state index in [4.69, 9.17) is 5.73 Å². The second kappa shape index (κ2) is 8.32. The van der Waals surface area contributed by atoms with Crippen molar-refractivity contribution in [1.29, 1.82) is 0 Å². The molecule has 0 saturated heterocycles. The van der Waals surface area contributed by atoms with E-state index in [0.29, 0.717) is 12.6 Å². The minimum atomic E-state index is -0.832. The highest BCUT2D eigenvalue weighted by Crippen LogP contribution is 2.20. The Balaban J connectivity index is 2.78. The molecule has 0 aliphatic rings. The fraction of sp³-hybridized carbons (Fsp3) is 0.625. The van der Waals surface area contributed by atoms with Gasteiger partial charge in [-0.3, -0.25) is 4.90 Å². The molecule has 0 bridgehead atoms. The Morgan fingerprint density at radius 2 is 1.95 bits per heavy atom. The Morgan fingerprint density at radius 1 is 1.25 bits per heavy atom. The maximum absolute atomic E-state index is 13.8. The third-order valence-corrected chi connectivity index (χ3v) is 3.83. The van der Waals surface area contributed by atoms with Gasteiger partial charge in [0.25, 0.3) is 0 Å². The molecule has 2 atom stereocenters. The molecule has 0 aliphatic heterocycles. The van der Waals surface area contributed by atoms with Gasteiger partial charge in [0.15, 0.2) is 11.6 Å². The van der Waals surface area contributed by atoms with Crippen LogP contribution >= 0.6 is 0 Å². The van der Waals surface area contributed by atoms with Crippen LogP contribution in [-0.2, 0) is 0 Å². The molecule has 114 valence electrons. The van der Waals surface area contributed by atoms with E-state index in [1.54, 1.807) is 6.07 Å². The Labute approximate surface area is 121 Å². The standard InChI is InChI=1S/C16H26F2N2/c1-4-6-10-20(12(3)5-2)11-15(19)13-8-7-9-14(17)16(13)18/h7-9,12,15H,4-6,10-11,19H2,1-3H3. The molecule has 4 heteroatoms. The number of nitrogens with two attached hydrogens (primary N) is 1. The highest BCUT2D eigenvalue weighted by atomic mass is 19.2. The zero-order chi connectivity index (χ0) is 15.1. The van der Waals surface area contributed by atoms with E-state index in [9.17, 15) is 8.78 Å². The van der Waals surface area contributed by atoms with E-state index < -0.39 is 17.7 Å². The van der Waals surface area contributed by atoms with Crippen molar-refractivity contribution < 1.29 is 8.78 Å². The third kappa shape index (κ3) is 4.53. The molecule has 2 nitrogen and oxygen atoms in total. The van der Waals surface area contributed by atoms with Gasteiger partial charge in [-0.05, 0) is 32.4 Å². The Bertz CT molecular complexity index is 409. The summed E-state index contributed by atoms with van der Waals surface area (Å²) in [7, 11) is 0. The summed E-state index contributed by atoms with van der Waals surface area (Å²) >= 11 is 0. The Morgan fingerprint density at radius 3 is 2.55 bits per heavy atom. The van der Waals surface area contributed by atoms with E-state index >= 15 is 0 Å². The van der Waals surface area contributed by atoms with Crippen molar-refractivity contribution in [3.8, 4) is 0 Å². The molecular weight excluding hydrogens is 258 g/mol. The first-order chi connectivity index (χ1) is 9.51. The number of rotatable bonds is 8. The molecule has 0 heterocycles. The molecule has 1 rings (SSSR count). The molecule has 1 aromatic rings. The minimum absolute atomic E-state index is 0.259. The van der Waals surface area contributed by atoms with Crippen molar-refractivity contribution in [3.63, 3.8) is 0 Å². The van der Waals surface area contributed by atoms with Crippen LogP contribution in [0.2, 0.25) is 0 Å². The maximum atomic E-state index is 13.8. The number of unbranched alkanes of at least 4 members (excludes halogenated alkanes) is 1. The largest absolute Gasteiger partial charge is 0.323 e. The lowest BCUT2D eigenvalue weighted by molar-refractivity contribution is 0.188. The average molecular weight is 284 g/mol. The summed E-state index contributed by atoms with van der Waals surface area (Å²) in [6.45, 7) is 7.90. The number of hydrogen-bond acceptors (Lipinski definition) is 2. The van der Waals surface area contributed by atoms with Crippen LogP contribution in [-0.4, -0.2) is 24.0 Å². The monoisotopic (exact) mass is 284 g/mol. The minimum Gasteiger partial charge on any atom is -0.323 e. The predicted molar refractivity (Wildman–Crippen MR) is 79.5 cm³/mol. The van der Waals surface area contributed by atoms with Gasteiger partial charge < -0.3 is 5.73 Å². The van der Waals surface area contributed by atoms with Gasteiger partial charge in [0.2, 0.25) is 0 Å². The summed E-state index contributed by atoms with van der Waals surface area (Å²) in [6, 6.07) is 4.08. The first-order valence-corrected chi connectivity index (χ1v) is 7.44. The number of nitrogens with zero attached hydrogens (tertiary/aromatic N) is 1. The zero-order valence-corrected chi connectivity index (χ0v) is 12.7. The molecule has 0 spiro atoms. The van der Waals surface area contributed by atoms with Crippen LogP contribution in [0, 0.1) is 11.6 Å². The van der Waals surface area contributed by atoms with Gasteiger partial charge >= 0.3 is 0 Å². The van der Waals surface area contributed by atoms with Gasteiger partial charge in [-0.25, -0.2) is 8.78 Å². The predicted octanol–water partition coefficient (Wildman–Crippen LogP) is 3.87. The van der Waals surface area contributed by atoms with Crippen molar-refractivity contribution in [1.82, 2.24) is 4.90 Å². The van der Waals surface area contributed by atoms with Crippen LogP contribution in [0.1, 0.15) is 51.6 Å². The molecule has 2 N–H and O–H groups in total. The van der Waals surface area contributed by atoms with Crippen molar-refractivity contribution in [2.45, 2.75) is 52.1 Å². The van der Waals surface area contributed by atoms with Crippen LogP contribution in [0.3, 0.4) is 0 Å². The molecule has 0 saturated carbocycles. The normalized spacial score (nSPS) is 14.6. The Hall–Kier alpha value is -1.00. The van der Waals surface area contributed by atoms with E-state index in [-0.39, 0.29) is 5.56 Å². The first-order valence-electron chi connectivity index (χ1n) is 7.44. The Kier molecular flexibility index (Phi) is 7.10. The molecular formula is C16H26F2N2. The van der Waals surface area contributed by atoms with Gasteiger partial charge in [0, 0.05) is 24.2 Å². The lowest BCUT2D eigenvalue weighted by Gasteiger charge is -2.31. The van der Waals surface area contributed by atoms with Crippen molar-refractivity contribution >= 4 is 0 Å². The second-order valence-corrected chi connectivity index (χ2v) is 5.36. The van der Waals surface area contributed by atoms with Crippen LogP contribution in [0.5, 0.6) is 0 Å². The summed E-state index contributed by atoms with van der Waals surface area (Å²) in [6.07, 6.45) is 3.21. The molecule has 1 aromatic carbocycles. The number of hydrogen-bond donors (Lipinski definition) is 1. The SMILES string of the molecule is CCCCN(CC(N)c1cccc(F)c1F)C(C)CC. The van der Waals surface area contributed by atoms with E-state index in [2.05, 4.69) is 25.7 Å². The quantitative estimate of drug-likeness (QED) is 0.785. The van der Waals surface area contributed by atoms with Gasteiger partial charge in [-0.1, -0.05) is 32.4 Å². The average Bonchev–Trinajstić information content (AvgIpc) is 2.45. The van der Waals surface area contributed by atoms with Crippen LogP contribution in [0.25, 0.3) is 0 Å². The molecule has 0 aromatic heterocycles. The molecule has 0 aliphatic carbocycles. The van der Waals surface area contributed by atoms with Gasteiger partial charge in [-0.15, -0.1) is 0 Å². The summed E-state index contributed by atoms with van der Waals surface area (Å²) in [4.78, 5) is 2.26. The van der Waals surface area contributed by atoms with Crippen LogP contribution < -0.4 is 5.73 Å². The van der Waals surface area contributed by atoms with Crippen LogP contribution in [0.4, 0.5) is 8.78 Å². The van der Waals surface area contributed by atoms with E-state index in [0.717, 1.165) is 31.9 Å². The van der Waals surface area contributed by atoms with Crippen molar-refractivity contribution in [3.05, 3.63) is 35.4 Å². The fourth-order valence-corrected chi connectivity index (χ4v) is 2.27. The topological polar surface area (TPSA) is 29.3 Å². The summed E-state index contributed by atoms with van der Waals surface area (Å²) in [5, 5.41) is 0. The van der Waals surface area contributed by atoms with E-state index in [1.165, 1.54) is 6.07 Å². The van der Waals surface area contributed by atoms with Gasteiger partial charge in [0.1, 0.15) is 0 Å². The highest BCUT2D eigenvalue weighted by Gasteiger charge is 2.20. The molecule has 20 heavy (non-hydrogen) atoms. The lowest BCUT2D eigenvalue weighted by atomic mass is 10.0. The lowest BCUT2D eigenvalue weighted by Crippen LogP contribution is -2.39.